The van der Waals surface area contributed by atoms with Crippen LogP contribution in [0.1, 0.15) is 39.5 Å². The summed E-state index contributed by atoms with van der Waals surface area (Å²) in [6.07, 6.45) is 7.80. The minimum absolute atomic E-state index is 0.287. The maximum atomic E-state index is 5.68. The van der Waals surface area contributed by atoms with Gasteiger partial charge < -0.3 is 9.47 Å². The molecule has 2 rings (SSSR count). The lowest BCUT2D eigenvalue weighted by molar-refractivity contribution is -0.135. The number of allylic oxidation sites excluding steroid dienone is 1. The maximum Gasteiger partial charge on any atom is 0.0650 e. The van der Waals surface area contributed by atoms with Gasteiger partial charge in [-0.3, -0.25) is 0 Å². The van der Waals surface area contributed by atoms with Crippen molar-refractivity contribution in [3.05, 3.63) is 11.6 Å². The third kappa shape index (κ3) is 3.91. The summed E-state index contributed by atoms with van der Waals surface area (Å²) >= 11 is 0. The quantitative estimate of drug-likeness (QED) is 0.488. The lowest BCUT2D eigenvalue weighted by atomic mass is 9.90. The summed E-state index contributed by atoms with van der Waals surface area (Å²) in [5, 5.41) is 0. The average molecular weight is 224 g/mol. The molecule has 0 radical (unpaired) electrons. The van der Waals surface area contributed by atoms with Crippen LogP contribution in [0.3, 0.4) is 0 Å². The van der Waals surface area contributed by atoms with Gasteiger partial charge in [-0.2, -0.15) is 0 Å². The third-order valence-electron chi connectivity index (χ3n) is 3.55. The van der Waals surface area contributed by atoms with E-state index >= 15 is 0 Å². The zero-order valence-electron chi connectivity index (χ0n) is 10.6. The molecule has 16 heavy (non-hydrogen) atoms. The predicted octanol–water partition coefficient (Wildman–Crippen LogP) is 3.18. The fraction of sp³-hybridized carbons (Fsp3) is 0.857. The molecule has 1 aliphatic heterocycles. The van der Waals surface area contributed by atoms with Crippen LogP contribution in [0.5, 0.6) is 0 Å². The molecule has 1 heterocycles. The molecule has 1 saturated heterocycles. The van der Waals surface area contributed by atoms with Crippen molar-refractivity contribution in [3.63, 3.8) is 0 Å². The Bertz CT molecular complexity index is 249. The first-order chi connectivity index (χ1) is 7.68. The summed E-state index contributed by atoms with van der Waals surface area (Å²) < 4.78 is 10.9. The molecule has 0 spiro atoms. The Labute approximate surface area is 99.0 Å². The SMILES string of the molecule is CC(=CCOCC1(C)COC1)CCC1CC1. The summed E-state index contributed by atoms with van der Waals surface area (Å²) in [5.74, 6) is 1.04. The molecule has 1 saturated carbocycles. The van der Waals surface area contributed by atoms with E-state index in [1.54, 1.807) is 0 Å². The topological polar surface area (TPSA) is 18.5 Å². The Balaban J connectivity index is 1.52. The smallest absolute Gasteiger partial charge is 0.0650 e. The van der Waals surface area contributed by atoms with Crippen molar-refractivity contribution in [1.82, 2.24) is 0 Å². The first-order valence-electron chi connectivity index (χ1n) is 6.49. The average Bonchev–Trinajstić information content (AvgIpc) is 3.02. The van der Waals surface area contributed by atoms with Gasteiger partial charge in [-0.1, -0.05) is 31.4 Å². The molecule has 2 heteroatoms. The van der Waals surface area contributed by atoms with Crippen LogP contribution in [0.25, 0.3) is 0 Å². The van der Waals surface area contributed by atoms with Gasteiger partial charge in [0.1, 0.15) is 0 Å². The second kappa shape index (κ2) is 5.33. The van der Waals surface area contributed by atoms with Gasteiger partial charge >= 0.3 is 0 Å². The van der Waals surface area contributed by atoms with Crippen molar-refractivity contribution >= 4 is 0 Å². The van der Waals surface area contributed by atoms with Gasteiger partial charge in [0, 0.05) is 5.41 Å². The van der Waals surface area contributed by atoms with Crippen molar-refractivity contribution < 1.29 is 9.47 Å². The summed E-state index contributed by atoms with van der Waals surface area (Å²) in [5.41, 5.74) is 1.78. The molecule has 0 aromatic carbocycles. The predicted molar refractivity (Wildman–Crippen MR) is 65.5 cm³/mol. The molecule has 0 aromatic heterocycles. The fourth-order valence-electron chi connectivity index (χ4n) is 1.98. The van der Waals surface area contributed by atoms with Gasteiger partial charge in [0.05, 0.1) is 26.4 Å². The summed E-state index contributed by atoms with van der Waals surface area (Å²) in [7, 11) is 0. The van der Waals surface area contributed by atoms with Gasteiger partial charge in [-0.05, 0) is 25.7 Å². The molecule has 0 bridgehead atoms. The molecule has 0 aromatic rings. The van der Waals surface area contributed by atoms with E-state index in [2.05, 4.69) is 19.9 Å². The highest BCUT2D eigenvalue weighted by molar-refractivity contribution is 4.99. The molecule has 2 nitrogen and oxygen atoms in total. The van der Waals surface area contributed by atoms with Crippen LogP contribution in [0.4, 0.5) is 0 Å². The molecule has 0 unspecified atom stereocenters. The number of ether oxygens (including phenoxy) is 2. The molecule has 1 aliphatic carbocycles. The zero-order valence-corrected chi connectivity index (χ0v) is 10.6. The molecular weight excluding hydrogens is 200 g/mol. The minimum Gasteiger partial charge on any atom is -0.380 e. The van der Waals surface area contributed by atoms with Crippen molar-refractivity contribution in [3.8, 4) is 0 Å². The van der Waals surface area contributed by atoms with E-state index in [1.165, 1.54) is 31.3 Å². The first kappa shape index (κ1) is 12.1. The Hall–Kier alpha value is -0.340. The van der Waals surface area contributed by atoms with Crippen molar-refractivity contribution in [2.75, 3.05) is 26.4 Å². The Kier molecular flexibility index (Phi) is 4.04. The highest BCUT2D eigenvalue weighted by Gasteiger charge is 2.33. The second-order valence-electron chi connectivity index (χ2n) is 5.85. The van der Waals surface area contributed by atoms with E-state index in [-0.39, 0.29) is 5.41 Å². The van der Waals surface area contributed by atoms with Gasteiger partial charge in [-0.15, -0.1) is 0 Å². The number of hydrogen-bond acceptors (Lipinski definition) is 2. The number of rotatable bonds is 7. The fourth-order valence-corrected chi connectivity index (χ4v) is 1.98. The third-order valence-corrected chi connectivity index (χ3v) is 3.55. The monoisotopic (exact) mass is 224 g/mol. The molecular formula is C14H24O2. The van der Waals surface area contributed by atoms with Crippen LogP contribution in [0, 0.1) is 11.3 Å². The van der Waals surface area contributed by atoms with Crippen LogP contribution < -0.4 is 0 Å². The van der Waals surface area contributed by atoms with E-state index in [4.69, 9.17) is 9.47 Å². The van der Waals surface area contributed by atoms with E-state index in [0.717, 1.165) is 32.3 Å². The summed E-state index contributed by atoms with van der Waals surface area (Å²) in [6.45, 7) is 7.76. The highest BCUT2D eigenvalue weighted by atomic mass is 16.5. The Morgan fingerprint density at radius 1 is 1.44 bits per heavy atom. The second-order valence-corrected chi connectivity index (χ2v) is 5.85. The van der Waals surface area contributed by atoms with Gasteiger partial charge in [0.2, 0.25) is 0 Å². The molecule has 0 amide bonds. The normalized spacial score (nSPS) is 24.2. The molecule has 92 valence electrons. The van der Waals surface area contributed by atoms with E-state index in [9.17, 15) is 0 Å². The summed E-state index contributed by atoms with van der Waals surface area (Å²) in [6, 6.07) is 0. The first-order valence-corrected chi connectivity index (χ1v) is 6.49. The van der Waals surface area contributed by atoms with Crippen molar-refractivity contribution in [2.24, 2.45) is 11.3 Å². The van der Waals surface area contributed by atoms with Crippen LogP contribution >= 0.6 is 0 Å². The Morgan fingerprint density at radius 3 is 2.75 bits per heavy atom. The minimum atomic E-state index is 0.287. The van der Waals surface area contributed by atoms with E-state index in [1.807, 2.05) is 0 Å². The van der Waals surface area contributed by atoms with Gasteiger partial charge in [-0.25, -0.2) is 0 Å². The van der Waals surface area contributed by atoms with Crippen LogP contribution in [0.2, 0.25) is 0 Å². The number of hydrogen-bond donors (Lipinski definition) is 0. The zero-order chi connectivity index (χ0) is 11.4. The Morgan fingerprint density at radius 2 is 2.19 bits per heavy atom. The van der Waals surface area contributed by atoms with Crippen LogP contribution in [0.15, 0.2) is 11.6 Å². The highest BCUT2D eigenvalue weighted by Crippen LogP contribution is 2.34. The lowest BCUT2D eigenvalue weighted by Gasteiger charge is -2.37. The molecule has 0 N–H and O–H groups in total. The molecule has 2 fully saturated rings. The van der Waals surface area contributed by atoms with Gasteiger partial charge in [0.25, 0.3) is 0 Å². The van der Waals surface area contributed by atoms with Crippen molar-refractivity contribution in [2.45, 2.75) is 39.5 Å². The maximum absolute atomic E-state index is 5.68. The summed E-state index contributed by atoms with van der Waals surface area (Å²) in [4.78, 5) is 0. The molecule has 2 aliphatic rings. The molecule has 0 atom stereocenters. The van der Waals surface area contributed by atoms with Crippen molar-refractivity contribution in [1.29, 1.82) is 0 Å². The largest absolute Gasteiger partial charge is 0.380 e. The lowest BCUT2D eigenvalue weighted by Crippen LogP contribution is -2.43. The standard InChI is InChI=1S/C14H24O2/c1-12(3-4-13-5-6-13)7-8-15-9-14(2)10-16-11-14/h7,13H,3-6,8-11H2,1-2H3. The van der Waals surface area contributed by atoms with Gasteiger partial charge in [0.15, 0.2) is 0 Å². The van der Waals surface area contributed by atoms with Crippen LogP contribution in [-0.2, 0) is 9.47 Å². The van der Waals surface area contributed by atoms with E-state index in [0.29, 0.717) is 0 Å². The van der Waals surface area contributed by atoms with E-state index < -0.39 is 0 Å². The van der Waals surface area contributed by atoms with Crippen LogP contribution in [-0.4, -0.2) is 26.4 Å².